The summed E-state index contributed by atoms with van der Waals surface area (Å²) >= 11 is 1.59. The van der Waals surface area contributed by atoms with Crippen molar-refractivity contribution >= 4 is 11.3 Å². The average Bonchev–Trinajstić information content (AvgIpc) is 2.78. The maximum atomic E-state index is 14.0. The number of halogens is 1. The van der Waals surface area contributed by atoms with E-state index >= 15 is 0 Å². The minimum atomic E-state index is -0.338. The molecule has 0 fully saturated rings. The number of hydrogen-bond acceptors (Lipinski definition) is 4. The molecule has 3 nitrogen and oxygen atoms in total. The molecule has 0 saturated carbocycles. The van der Waals surface area contributed by atoms with Crippen LogP contribution >= 0.6 is 11.3 Å². The molecule has 1 unspecified atom stereocenters. The van der Waals surface area contributed by atoms with Crippen LogP contribution in [0.5, 0.6) is 5.75 Å². The molecule has 5 heteroatoms. The van der Waals surface area contributed by atoms with E-state index in [1.807, 2.05) is 19.1 Å². The van der Waals surface area contributed by atoms with Crippen LogP contribution in [-0.2, 0) is 0 Å². The Hall–Kier alpha value is -1.43. The first-order valence-electron chi connectivity index (χ1n) is 5.51. The first-order valence-corrected chi connectivity index (χ1v) is 6.33. The SMILES string of the molecule is COc1ccc(C(NN)c2ccc(C)s2)c(F)c1. The van der Waals surface area contributed by atoms with Gasteiger partial charge in [-0.05, 0) is 25.1 Å². The molecule has 0 aliphatic rings. The van der Waals surface area contributed by atoms with Crippen LogP contribution in [0.4, 0.5) is 4.39 Å². The van der Waals surface area contributed by atoms with E-state index in [0.717, 1.165) is 4.88 Å². The van der Waals surface area contributed by atoms with Crippen LogP contribution < -0.4 is 16.0 Å². The Morgan fingerprint density at radius 1 is 1.33 bits per heavy atom. The van der Waals surface area contributed by atoms with Crippen molar-refractivity contribution in [3.63, 3.8) is 0 Å². The minimum Gasteiger partial charge on any atom is -0.497 e. The molecule has 0 aliphatic heterocycles. The number of ether oxygens (including phenoxy) is 1. The molecule has 0 radical (unpaired) electrons. The summed E-state index contributed by atoms with van der Waals surface area (Å²) in [6.07, 6.45) is 0. The largest absolute Gasteiger partial charge is 0.497 e. The third-order valence-corrected chi connectivity index (χ3v) is 3.80. The summed E-state index contributed by atoms with van der Waals surface area (Å²) in [5, 5.41) is 0. The van der Waals surface area contributed by atoms with Crippen molar-refractivity contribution in [2.24, 2.45) is 5.84 Å². The molecular formula is C13H15FN2OS. The summed E-state index contributed by atoms with van der Waals surface area (Å²) in [4.78, 5) is 2.15. The Morgan fingerprint density at radius 2 is 2.11 bits per heavy atom. The average molecular weight is 266 g/mol. The number of benzene rings is 1. The zero-order chi connectivity index (χ0) is 13.1. The van der Waals surface area contributed by atoms with Gasteiger partial charge in [-0.25, -0.2) is 9.82 Å². The fourth-order valence-electron chi connectivity index (χ4n) is 1.80. The Bertz CT molecular complexity index is 542. The van der Waals surface area contributed by atoms with Crippen molar-refractivity contribution < 1.29 is 9.13 Å². The molecule has 1 aromatic carbocycles. The zero-order valence-electron chi connectivity index (χ0n) is 10.2. The highest BCUT2D eigenvalue weighted by atomic mass is 32.1. The molecule has 3 N–H and O–H groups in total. The third-order valence-electron chi connectivity index (χ3n) is 2.73. The van der Waals surface area contributed by atoms with Gasteiger partial charge in [-0.3, -0.25) is 5.84 Å². The van der Waals surface area contributed by atoms with E-state index in [9.17, 15) is 4.39 Å². The van der Waals surface area contributed by atoms with Gasteiger partial charge in [-0.15, -0.1) is 11.3 Å². The first-order chi connectivity index (χ1) is 8.65. The van der Waals surface area contributed by atoms with Gasteiger partial charge in [0.1, 0.15) is 11.6 Å². The van der Waals surface area contributed by atoms with Gasteiger partial charge in [-0.2, -0.15) is 0 Å². The van der Waals surface area contributed by atoms with Crippen LogP contribution in [0, 0.1) is 12.7 Å². The number of hydrogen-bond donors (Lipinski definition) is 2. The lowest BCUT2D eigenvalue weighted by Gasteiger charge is -2.16. The number of nitrogens with two attached hydrogens (primary N) is 1. The number of methoxy groups -OCH3 is 1. The predicted molar refractivity (Wildman–Crippen MR) is 71.2 cm³/mol. The molecule has 96 valence electrons. The van der Waals surface area contributed by atoms with Gasteiger partial charge < -0.3 is 4.74 Å². The van der Waals surface area contributed by atoms with E-state index in [2.05, 4.69) is 5.43 Å². The van der Waals surface area contributed by atoms with E-state index in [1.165, 1.54) is 18.1 Å². The Labute approximate surface area is 109 Å². The van der Waals surface area contributed by atoms with Crippen molar-refractivity contribution in [3.8, 4) is 5.75 Å². The van der Waals surface area contributed by atoms with Gasteiger partial charge in [0.2, 0.25) is 0 Å². The van der Waals surface area contributed by atoms with Crippen LogP contribution in [0.25, 0.3) is 0 Å². The van der Waals surface area contributed by atoms with Gasteiger partial charge in [0, 0.05) is 21.4 Å². The molecule has 2 aromatic rings. The van der Waals surface area contributed by atoms with Crippen LogP contribution in [0.3, 0.4) is 0 Å². The Kier molecular flexibility index (Phi) is 3.96. The summed E-state index contributed by atoms with van der Waals surface area (Å²) < 4.78 is 19.0. The highest BCUT2D eigenvalue weighted by molar-refractivity contribution is 7.12. The maximum absolute atomic E-state index is 14.0. The predicted octanol–water partition coefficient (Wildman–Crippen LogP) is 2.76. The first kappa shape index (κ1) is 13.0. The third kappa shape index (κ3) is 2.53. The summed E-state index contributed by atoms with van der Waals surface area (Å²) in [5.74, 6) is 5.71. The maximum Gasteiger partial charge on any atom is 0.132 e. The van der Waals surface area contributed by atoms with Gasteiger partial charge in [-0.1, -0.05) is 6.07 Å². The smallest absolute Gasteiger partial charge is 0.132 e. The summed E-state index contributed by atoms with van der Waals surface area (Å²) in [6, 6.07) is 8.38. The van der Waals surface area contributed by atoms with Gasteiger partial charge in [0.05, 0.1) is 13.2 Å². The second-order valence-electron chi connectivity index (χ2n) is 3.94. The molecule has 0 aliphatic carbocycles. The molecule has 0 bridgehead atoms. The molecule has 2 rings (SSSR count). The molecular weight excluding hydrogens is 251 g/mol. The highest BCUT2D eigenvalue weighted by Gasteiger charge is 2.18. The van der Waals surface area contributed by atoms with Crippen LogP contribution in [0.15, 0.2) is 30.3 Å². The van der Waals surface area contributed by atoms with Gasteiger partial charge in [0.25, 0.3) is 0 Å². The number of thiophene rings is 1. The second kappa shape index (κ2) is 5.48. The Morgan fingerprint density at radius 3 is 2.61 bits per heavy atom. The van der Waals surface area contributed by atoms with E-state index in [4.69, 9.17) is 10.6 Å². The van der Waals surface area contributed by atoms with E-state index in [-0.39, 0.29) is 11.9 Å². The second-order valence-corrected chi connectivity index (χ2v) is 5.26. The molecule has 1 atom stereocenters. The number of hydrazine groups is 1. The van der Waals surface area contributed by atoms with Crippen molar-refractivity contribution in [2.75, 3.05) is 7.11 Å². The quantitative estimate of drug-likeness (QED) is 0.661. The topological polar surface area (TPSA) is 47.3 Å². The number of nitrogens with one attached hydrogen (secondary N) is 1. The number of rotatable bonds is 4. The lowest BCUT2D eigenvalue weighted by Crippen LogP contribution is -2.28. The van der Waals surface area contributed by atoms with Crippen molar-refractivity contribution in [1.29, 1.82) is 0 Å². The summed E-state index contributed by atoms with van der Waals surface area (Å²) in [5.41, 5.74) is 3.17. The monoisotopic (exact) mass is 266 g/mol. The van der Waals surface area contributed by atoms with Crippen molar-refractivity contribution in [1.82, 2.24) is 5.43 Å². The Balaban J connectivity index is 2.39. The number of aryl methyl sites for hydroxylation is 1. The van der Waals surface area contributed by atoms with Gasteiger partial charge in [0.15, 0.2) is 0 Å². The van der Waals surface area contributed by atoms with E-state index < -0.39 is 0 Å². The molecule has 1 aromatic heterocycles. The van der Waals surface area contributed by atoms with Crippen molar-refractivity contribution in [2.45, 2.75) is 13.0 Å². The van der Waals surface area contributed by atoms with Crippen molar-refractivity contribution in [3.05, 3.63) is 51.5 Å². The lowest BCUT2D eigenvalue weighted by atomic mass is 10.1. The normalized spacial score (nSPS) is 12.4. The minimum absolute atomic E-state index is 0.330. The highest BCUT2D eigenvalue weighted by Crippen LogP contribution is 2.30. The van der Waals surface area contributed by atoms with Gasteiger partial charge >= 0.3 is 0 Å². The summed E-state index contributed by atoms with van der Waals surface area (Å²) in [7, 11) is 1.51. The van der Waals surface area contributed by atoms with Crippen LogP contribution in [0.2, 0.25) is 0 Å². The van der Waals surface area contributed by atoms with Crippen LogP contribution in [0.1, 0.15) is 21.4 Å². The van der Waals surface area contributed by atoms with Crippen LogP contribution in [-0.4, -0.2) is 7.11 Å². The lowest BCUT2D eigenvalue weighted by molar-refractivity contribution is 0.410. The molecule has 1 heterocycles. The zero-order valence-corrected chi connectivity index (χ0v) is 11.1. The molecule has 0 spiro atoms. The standard InChI is InChI=1S/C13H15FN2OS/c1-8-3-6-12(18-8)13(16-15)10-5-4-9(17-2)7-11(10)14/h3-7,13,16H,15H2,1-2H3. The summed E-state index contributed by atoms with van der Waals surface area (Å²) in [6.45, 7) is 2.01. The molecule has 18 heavy (non-hydrogen) atoms. The fraction of sp³-hybridized carbons (Fsp3) is 0.231. The van der Waals surface area contributed by atoms with E-state index in [0.29, 0.717) is 11.3 Å². The van der Waals surface area contributed by atoms with E-state index in [1.54, 1.807) is 23.5 Å². The molecule has 0 amide bonds. The fourth-order valence-corrected chi connectivity index (χ4v) is 2.76. The molecule has 0 saturated heterocycles.